The van der Waals surface area contributed by atoms with Gasteiger partial charge in [-0.2, -0.15) is 5.10 Å². The standard InChI is InChI=1S/C19H18N4/c1-15-6-2-5-9-18(15)19(22-11-10-20-14-22)21-23-12-16-7-3-4-8-17(16)13-23/h2-11,14H,12-13H2,1H3. The van der Waals surface area contributed by atoms with Crippen molar-refractivity contribution in [2.45, 2.75) is 20.0 Å². The molecule has 0 unspecified atom stereocenters. The number of hydrogen-bond donors (Lipinski definition) is 0. The molecule has 0 atom stereocenters. The Hall–Kier alpha value is -2.88. The second-order valence-corrected chi connectivity index (χ2v) is 5.80. The third-order valence-corrected chi connectivity index (χ3v) is 4.20. The minimum atomic E-state index is 0.847. The fourth-order valence-corrected chi connectivity index (χ4v) is 2.97. The molecule has 0 radical (unpaired) electrons. The maximum atomic E-state index is 4.94. The van der Waals surface area contributed by atoms with Gasteiger partial charge in [0.05, 0.1) is 13.1 Å². The summed E-state index contributed by atoms with van der Waals surface area (Å²) in [5.74, 6) is 0.911. The van der Waals surface area contributed by atoms with Crippen LogP contribution in [0.25, 0.3) is 0 Å². The van der Waals surface area contributed by atoms with Crippen LogP contribution in [0.4, 0.5) is 0 Å². The quantitative estimate of drug-likeness (QED) is 0.537. The molecular formula is C19H18N4. The lowest BCUT2D eigenvalue weighted by atomic mass is 10.1. The number of imidazole rings is 1. The summed E-state index contributed by atoms with van der Waals surface area (Å²) in [5.41, 5.74) is 5.04. The Morgan fingerprint density at radius 1 is 1.00 bits per heavy atom. The molecule has 0 N–H and O–H groups in total. The highest BCUT2D eigenvalue weighted by atomic mass is 15.5. The van der Waals surface area contributed by atoms with Crippen molar-refractivity contribution in [2.24, 2.45) is 5.10 Å². The van der Waals surface area contributed by atoms with Crippen LogP contribution in [0.2, 0.25) is 0 Å². The van der Waals surface area contributed by atoms with Crippen molar-refractivity contribution in [2.75, 3.05) is 0 Å². The van der Waals surface area contributed by atoms with Crippen LogP contribution in [-0.2, 0) is 13.1 Å². The summed E-state index contributed by atoms with van der Waals surface area (Å²) in [6, 6.07) is 16.8. The van der Waals surface area contributed by atoms with E-state index in [9.17, 15) is 0 Å². The molecule has 1 aromatic heterocycles. The molecule has 0 spiro atoms. The minimum absolute atomic E-state index is 0.847. The number of hydrazone groups is 1. The van der Waals surface area contributed by atoms with Crippen LogP contribution in [0.15, 0.2) is 72.4 Å². The number of nitrogens with zero attached hydrogens (tertiary/aromatic N) is 4. The third kappa shape index (κ3) is 2.63. The Bertz CT molecular complexity index is 824. The number of fused-ring (bicyclic) bond motifs is 1. The molecule has 114 valence electrons. The minimum Gasteiger partial charge on any atom is -0.289 e. The van der Waals surface area contributed by atoms with E-state index in [2.05, 4.69) is 59.4 Å². The molecule has 4 heteroatoms. The molecule has 0 amide bonds. The number of aryl methyl sites for hydroxylation is 1. The van der Waals surface area contributed by atoms with Gasteiger partial charge in [-0.05, 0) is 23.6 Å². The second-order valence-electron chi connectivity index (χ2n) is 5.80. The van der Waals surface area contributed by atoms with Gasteiger partial charge in [-0.3, -0.25) is 9.58 Å². The number of aromatic nitrogens is 2. The van der Waals surface area contributed by atoms with E-state index in [0.717, 1.165) is 24.5 Å². The fraction of sp³-hybridized carbons (Fsp3) is 0.158. The van der Waals surface area contributed by atoms with E-state index in [0.29, 0.717) is 0 Å². The summed E-state index contributed by atoms with van der Waals surface area (Å²) in [6.45, 7) is 3.81. The van der Waals surface area contributed by atoms with Gasteiger partial charge in [-0.25, -0.2) is 4.98 Å². The Morgan fingerprint density at radius 2 is 1.70 bits per heavy atom. The lowest BCUT2D eigenvalue weighted by molar-refractivity contribution is 0.299. The highest BCUT2D eigenvalue weighted by Crippen LogP contribution is 2.23. The monoisotopic (exact) mass is 302 g/mol. The molecule has 2 aromatic carbocycles. The molecule has 4 rings (SSSR count). The van der Waals surface area contributed by atoms with E-state index in [1.54, 1.807) is 12.5 Å². The third-order valence-electron chi connectivity index (χ3n) is 4.20. The van der Waals surface area contributed by atoms with E-state index in [-0.39, 0.29) is 0 Å². The first-order chi connectivity index (χ1) is 11.3. The maximum Gasteiger partial charge on any atom is 0.165 e. The number of hydrogen-bond acceptors (Lipinski definition) is 3. The topological polar surface area (TPSA) is 33.4 Å². The van der Waals surface area contributed by atoms with Crippen molar-refractivity contribution < 1.29 is 0 Å². The van der Waals surface area contributed by atoms with E-state index < -0.39 is 0 Å². The van der Waals surface area contributed by atoms with Crippen LogP contribution in [0.5, 0.6) is 0 Å². The van der Waals surface area contributed by atoms with E-state index >= 15 is 0 Å². The highest BCUT2D eigenvalue weighted by Gasteiger charge is 2.18. The molecule has 0 aliphatic carbocycles. The van der Waals surface area contributed by atoms with Crippen LogP contribution in [-0.4, -0.2) is 20.4 Å². The Balaban J connectivity index is 1.74. The largest absolute Gasteiger partial charge is 0.289 e. The van der Waals surface area contributed by atoms with Crippen LogP contribution in [0.3, 0.4) is 0 Å². The van der Waals surface area contributed by atoms with Gasteiger partial charge in [-0.1, -0.05) is 48.5 Å². The molecule has 0 fully saturated rings. The summed E-state index contributed by atoms with van der Waals surface area (Å²) in [4.78, 5) is 4.18. The number of rotatable bonds is 2. The molecule has 1 aliphatic rings. The average Bonchev–Trinajstić information content (AvgIpc) is 3.22. The van der Waals surface area contributed by atoms with Crippen molar-refractivity contribution in [1.29, 1.82) is 0 Å². The molecule has 23 heavy (non-hydrogen) atoms. The summed E-state index contributed by atoms with van der Waals surface area (Å²) >= 11 is 0. The maximum absolute atomic E-state index is 4.94. The molecule has 0 saturated heterocycles. The fourth-order valence-electron chi connectivity index (χ4n) is 2.97. The van der Waals surface area contributed by atoms with Crippen LogP contribution in [0.1, 0.15) is 22.3 Å². The van der Waals surface area contributed by atoms with Gasteiger partial charge in [0.1, 0.15) is 6.33 Å². The lowest BCUT2D eigenvalue weighted by Gasteiger charge is -2.16. The molecule has 1 aliphatic heterocycles. The first kappa shape index (κ1) is 13.8. The second kappa shape index (κ2) is 5.72. The number of benzene rings is 2. The van der Waals surface area contributed by atoms with Crippen molar-refractivity contribution in [3.63, 3.8) is 0 Å². The molecule has 4 nitrogen and oxygen atoms in total. The van der Waals surface area contributed by atoms with Gasteiger partial charge in [-0.15, -0.1) is 0 Å². The van der Waals surface area contributed by atoms with Gasteiger partial charge >= 0.3 is 0 Å². The first-order valence-electron chi connectivity index (χ1n) is 7.76. The van der Waals surface area contributed by atoms with E-state index in [4.69, 9.17) is 5.10 Å². The zero-order valence-corrected chi connectivity index (χ0v) is 13.1. The highest BCUT2D eigenvalue weighted by molar-refractivity contribution is 6.01. The van der Waals surface area contributed by atoms with E-state index in [1.807, 2.05) is 16.8 Å². The van der Waals surface area contributed by atoms with Gasteiger partial charge in [0.15, 0.2) is 5.84 Å². The van der Waals surface area contributed by atoms with Gasteiger partial charge < -0.3 is 0 Å². The molecule has 0 bridgehead atoms. The SMILES string of the molecule is Cc1ccccc1C(=NN1Cc2ccccc2C1)n1ccnc1. The van der Waals surface area contributed by atoms with Crippen molar-refractivity contribution in [1.82, 2.24) is 14.6 Å². The van der Waals surface area contributed by atoms with Crippen LogP contribution >= 0.6 is 0 Å². The average molecular weight is 302 g/mol. The van der Waals surface area contributed by atoms with Crippen molar-refractivity contribution in [3.8, 4) is 0 Å². The summed E-state index contributed by atoms with van der Waals surface area (Å²) < 4.78 is 1.98. The Kier molecular flexibility index (Phi) is 3.42. The summed E-state index contributed by atoms with van der Waals surface area (Å²) in [7, 11) is 0. The van der Waals surface area contributed by atoms with Gasteiger partial charge in [0.2, 0.25) is 0 Å². The summed E-state index contributed by atoms with van der Waals surface area (Å²) in [5, 5.41) is 7.05. The van der Waals surface area contributed by atoms with Crippen LogP contribution in [0, 0.1) is 6.92 Å². The van der Waals surface area contributed by atoms with Crippen molar-refractivity contribution in [3.05, 3.63) is 89.5 Å². The van der Waals surface area contributed by atoms with Gasteiger partial charge in [0, 0.05) is 18.0 Å². The summed E-state index contributed by atoms with van der Waals surface area (Å²) in [6.07, 6.45) is 5.52. The predicted molar refractivity (Wildman–Crippen MR) is 91.0 cm³/mol. The zero-order valence-electron chi connectivity index (χ0n) is 13.1. The Morgan fingerprint density at radius 3 is 2.35 bits per heavy atom. The Labute approximate surface area is 135 Å². The first-order valence-corrected chi connectivity index (χ1v) is 7.76. The van der Waals surface area contributed by atoms with E-state index in [1.165, 1.54) is 16.7 Å². The molecule has 3 aromatic rings. The predicted octanol–water partition coefficient (Wildman–Crippen LogP) is 3.42. The lowest BCUT2D eigenvalue weighted by Crippen LogP contribution is -2.19. The van der Waals surface area contributed by atoms with Crippen molar-refractivity contribution >= 4 is 5.84 Å². The molecule has 2 heterocycles. The van der Waals surface area contributed by atoms with Crippen LogP contribution < -0.4 is 0 Å². The zero-order chi connectivity index (χ0) is 15.6. The normalized spacial score (nSPS) is 14.1. The molecular weight excluding hydrogens is 284 g/mol. The van der Waals surface area contributed by atoms with Gasteiger partial charge in [0.25, 0.3) is 0 Å². The molecule has 0 saturated carbocycles. The smallest absolute Gasteiger partial charge is 0.165 e.